The van der Waals surface area contributed by atoms with Gasteiger partial charge >= 0.3 is 0 Å². The van der Waals surface area contributed by atoms with Crippen molar-refractivity contribution in [2.75, 3.05) is 0 Å². The van der Waals surface area contributed by atoms with Crippen LogP contribution in [0.3, 0.4) is 0 Å². The molecule has 0 atom stereocenters. The molecule has 0 saturated carbocycles. The van der Waals surface area contributed by atoms with Crippen LogP contribution in [0, 0.1) is 6.29 Å². The molecule has 0 spiro atoms. The van der Waals surface area contributed by atoms with Gasteiger partial charge in [-0.25, -0.2) is 0 Å². The zero-order valence-electron chi connectivity index (χ0n) is 4.78. The second-order valence-corrected chi connectivity index (χ2v) is 1.69. The average Bonchev–Trinajstić information content (AvgIpc) is 1.90. The molecule has 0 aliphatic rings. The van der Waals surface area contributed by atoms with Crippen molar-refractivity contribution in [1.82, 2.24) is 0 Å². The summed E-state index contributed by atoms with van der Waals surface area (Å²) in [6.07, 6.45) is -0.629. The molecule has 0 heterocycles. The topological polar surface area (TPSA) is 40.5 Å². The predicted molar refractivity (Wildman–Crippen MR) is 32.7 cm³/mol. The zero-order valence-corrected chi connectivity index (χ0v) is 4.78. The molecular weight excluding hydrogens is 116 g/mol. The lowest BCUT2D eigenvalue weighted by molar-refractivity contribution is 0.110. The van der Waals surface area contributed by atoms with Gasteiger partial charge in [0, 0.05) is 5.56 Å². The Morgan fingerprint density at radius 2 is 1.56 bits per heavy atom. The molecule has 0 aliphatic carbocycles. The van der Waals surface area contributed by atoms with E-state index in [2.05, 4.69) is 0 Å². The van der Waals surface area contributed by atoms with Crippen LogP contribution >= 0.6 is 0 Å². The maximum atomic E-state index is 8.50. The minimum absolute atomic E-state index is 0.442. The molecule has 0 aromatic heterocycles. The maximum Gasteiger partial charge on any atom is 0.250 e. The summed E-state index contributed by atoms with van der Waals surface area (Å²) in [6, 6.07) is 8.53. The van der Waals surface area contributed by atoms with Crippen LogP contribution in [-0.4, -0.2) is 10.2 Å². The van der Waals surface area contributed by atoms with E-state index in [1.54, 1.807) is 24.3 Å². The van der Waals surface area contributed by atoms with Crippen molar-refractivity contribution in [3.63, 3.8) is 0 Å². The number of rotatable bonds is 1. The van der Waals surface area contributed by atoms with Crippen LogP contribution in [0.15, 0.2) is 30.3 Å². The molecular formula is C7H7O2. The number of aliphatic hydroxyl groups is 2. The van der Waals surface area contributed by atoms with Crippen LogP contribution in [0.25, 0.3) is 0 Å². The second-order valence-electron chi connectivity index (χ2n) is 1.69. The molecule has 1 rings (SSSR count). The first-order valence-electron chi connectivity index (χ1n) is 2.61. The van der Waals surface area contributed by atoms with E-state index in [4.69, 9.17) is 10.2 Å². The van der Waals surface area contributed by atoms with Gasteiger partial charge in [-0.15, -0.1) is 0 Å². The van der Waals surface area contributed by atoms with Crippen LogP contribution in [0.1, 0.15) is 5.56 Å². The third kappa shape index (κ3) is 1.52. The average molecular weight is 123 g/mol. The zero-order chi connectivity index (χ0) is 6.69. The van der Waals surface area contributed by atoms with Crippen LogP contribution < -0.4 is 0 Å². The Labute approximate surface area is 53.4 Å². The van der Waals surface area contributed by atoms with Crippen molar-refractivity contribution in [2.24, 2.45) is 0 Å². The van der Waals surface area contributed by atoms with E-state index in [0.717, 1.165) is 0 Å². The number of benzene rings is 1. The molecule has 2 nitrogen and oxygen atoms in total. The molecule has 9 heavy (non-hydrogen) atoms. The first-order chi connectivity index (χ1) is 4.30. The summed E-state index contributed by atoms with van der Waals surface area (Å²) < 4.78 is 0. The Morgan fingerprint density at radius 3 is 1.89 bits per heavy atom. The van der Waals surface area contributed by atoms with E-state index in [-0.39, 0.29) is 0 Å². The third-order valence-electron chi connectivity index (χ3n) is 1.03. The highest BCUT2D eigenvalue weighted by Gasteiger charge is 1.99. The van der Waals surface area contributed by atoms with Gasteiger partial charge in [-0.2, -0.15) is 0 Å². The minimum atomic E-state index is -0.629. The Bertz CT molecular complexity index is 170. The van der Waals surface area contributed by atoms with Crippen LogP contribution in [0.5, 0.6) is 0 Å². The number of aliphatic hydroxyl groups excluding tert-OH is 1. The van der Waals surface area contributed by atoms with E-state index >= 15 is 0 Å². The van der Waals surface area contributed by atoms with Crippen LogP contribution in [-0.2, 0) is 0 Å². The van der Waals surface area contributed by atoms with Crippen molar-refractivity contribution >= 4 is 0 Å². The molecule has 0 aliphatic heterocycles. The summed E-state index contributed by atoms with van der Waals surface area (Å²) in [6.45, 7) is 0. The molecule has 1 aromatic rings. The normalized spacial score (nSPS) is 10.1. The van der Waals surface area contributed by atoms with Gasteiger partial charge in [0.2, 0.25) is 0 Å². The largest absolute Gasteiger partial charge is 0.357 e. The van der Waals surface area contributed by atoms with E-state index in [0.29, 0.717) is 5.56 Å². The fourth-order valence-electron chi connectivity index (χ4n) is 0.587. The van der Waals surface area contributed by atoms with Crippen molar-refractivity contribution in [2.45, 2.75) is 0 Å². The standard InChI is InChI=1S/C7H7O2/c8-7(9)6-4-2-1-3-5-6/h1-5,8-9H. The summed E-state index contributed by atoms with van der Waals surface area (Å²) in [4.78, 5) is 0. The highest BCUT2D eigenvalue weighted by atomic mass is 16.5. The van der Waals surface area contributed by atoms with Crippen molar-refractivity contribution in [3.05, 3.63) is 42.2 Å². The predicted octanol–water partition coefficient (Wildman–Crippen LogP) is 1.27. The molecule has 0 bridgehead atoms. The van der Waals surface area contributed by atoms with E-state index in [1.807, 2.05) is 6.07 Å². The first-order valence-corrected chi connectivity index (χ1v) is 2.61. The van der Waals surface area contributed by atoms with E-state index in [9.17, 15) is 0 Å². The second kappa shape index (κ2) is 2.62. The van der Waals surface area contributed by atoms with Crippen molar-refractivity contribution in [3.8, 4) is 0 Å². The van der Waals surface area contributed by atoms with Gasteiger partial charge < -0.3 is 10.2 Å². The van der Waals surface area contributed by atoms with Gasteiger partial charge in [-0.05, 0) is 0 Å². The SMILES string of the molecule is O[C](O)c1ccccc1. The highest BCUT2D eigenvalue weighted by molar-refractivity contribution is 5.22. The molecule has 0 saturated heterocycles. The lowest BCUT2D eigenvalue weighted by Crippen LogP contribution is -1.93. The lowest BCUT2D eigenvalue weighted by atomic mass is 10.2. The van der Waals surface area contributed by atoms with Crippen molar-refractivity contribution < 1.29 is 10.2 Å². The Balaban J connectivity index is 2.85. The van der Waals surface area contributed by atoms with E-state index in [1.165, 1.54) is 0 Å². The molecule has 0 unspecified atom stereocenters. The smallest absolute Gasteiger partial charge is 0.250 e. The van der Waals surface area contributed by atoms with Crippen LogP contribution in [0.4, 0.5) is 0 Å². The van der Waals surface area contributed by atoms with Gasteiger partial charge in [-0.1, -0.05) is 30.3 Å². The lowest BCUT2D eigenvalue weighted by Gasteiger charge is -1.97. The first kappa shape index (κ1) is 6.26. The monoisotopic (exact) mass is 123 g/mol. The molecule has 1 aromatic carbocycles. The van der Waals surface area contributed by atoms with Crippen molar-refractivity contribution in [1.29, 1.82) is 0 Å². The summed E-state index contributed by atoms with van der Waals surface area (Å²) in [5.74, 6) is 0. The van der Waals surface area contributed by atoms with Crippen LogP contribution in [0.2, 0.25) is 0 Å². The van der Waals surface area contributed by atoms with Gasteiger partial charge in [0.25, 0.3) is 6.29 Å². The third-order valence-corrected chi connectivity index (χ3v) is 1.03. The molecule has 2 heteroatoms. The Kier molecular flexibility index (Phi) is 1.82. The quantitative estimate of drug-likeness (QED) is 0.590. The summed E-state index contributed by atoms with van der Waals surface area (Å²) in [5.41, 5.74) is 0.442. The Morgan fingerprint density at radius 1 is 1.00 bits per heavy atom. The van der Waals surface area contributed by atoms with Gasteiger partial charge in [0.05, 0.1) is 0 Å². The minimum Gasteiger partial charge on any atom is -0.357 e. The molecule has 1 radical (unpaired) electrons. The molecule has 2 N–H and O–H groups in total. The highest BCUT2D eigenvalue weighted by Crippen LogP contribution is 2.05. The maximum absolute atomic E-state index is 8.50. The summed E-state index contributed by atoms with van der Waals surface area (Å²) in [7, 11) is 0. The molecule has 47 valence electrons. The molecule has 0 fully saturated rings. The fourth-order valence-corrected chi connectivity index (χ4v) is 0.587. The number of hydrogen-bond acceptors (Lipinski definition) is 2. The Hall–Kier alpha value is -0.860. The molecule has 0 amide bonds. The fraction of sp³-hybridized carbons (Fsp3) is 0. The van der Waals surface area contributed by atoms with E-state index < -0.39 is 6.29 Å². The summed E-state index contributed by atoms with van der Waals surface area (Å²) >= 11 is 0. The van der Waals surface area contributed by atoms with Gasteiger partial charge in [-0.3, -0.25) is 0 Å². The van der Waals surface area contributed by atoms with Gasteiger partial charge in [0.15, 0.2) is 0 Å². The number of hydrogen-bond donors (Lipinski definition) is 2. The summed E-state index contributed by atoms with van der Waals surface area (Å²) in [5, 5.41) is 17.0. The van der Waals surface area contributed by atoms with Gasteiger partial charge in [0.1, 0.15) is 0 Å².